The predicted molar refractivity (Wildman–Crippen MR) is 113 cm³/mol. The Labute approximate surface area is 167 Å². The monoisotopic (exact) mass is 456 g/mol. The molecule has 1 N–H and O–H groups in total. The molecular weight excluding hydrogens is 427 g/mol. The third-order valence-corrected chi connectivity index (χ3v) is 3.82. The number of hydrogen-bond acceptors (Lipinski definition) is 3. The normalized spacial score (nSPS) is 11.2. The van der Waals surface area contributed by atoms with Gasteiger partial charge in [0.15, 0.2) is 5.96 Å². The lowest BCUT2D eigenvalue weighted by atomic mass is 10.1. The van der Waals surface area contributed by atoms with Crippen molar-refractivity contribution >= 4 is 29.9 Å². The summed E-state index contributed by atoms with van der Waals surface area (Å²) in [4.78, 5) is 11.1. The highest BCUT2D eigenvalue weighted by atomic mass is 127. The highest BCUT2D eigenvalue weighted by Crippen LogP contribution is 2.09. The summed E-state index contributed by atoms with van der Waals surface area (Å²) in [6.07, 6.45) is 2.52. The quantitative estimate of drug-likeness (QED) is 0.413. The first-order chi connectivity index (χ1) is 11.5. The van der Waals surface area contributed by atoms with Gasteiger partial charge in [-0.1, -0.05) is 29.3 Å². The number of nitrogens with zero attached hydrogens (tertiary/aromatic N) is 5. The van der Waals surface area contributed by atoms with E-state index in [1.165, 1.54) is 16.7 Å². The number of guanidine groups is 1. The van der Waals surface area contributed by atoms with Crippen LogP contribution in [0, 0.1) is 13.8 Å². The first kappa shape index (κ1) is 21.4. The van der Waals surface area contributed by atoms with Crippen molar-refractivity contribution in [3.63, 3.8) is 0 Å². The van der Waals surface area contributed by atoms with Gasteiger partial charge in [-0.15, -0.1) is 24.0 Å². The number of aryl methyl sites for hydroxylation is 3. The summed E-state index contributed by atoms with van der Waals surface area (Å²) < 4.78 is 1.79. The van der Waals surface area contributed by atoms with Gasteiger partial charge in [0.25, 0.3) is 0 Å². The maximum absolute atomic E-state index is 4.75. The van der Waals surface area contributed by atoms with Crippen molar-refractivity contribution in [2.24, 2.45) is 12.0 Å². The van der Waals surface area contributed by atoms with E-state index in [1.54, 1.807) is 11.0 Å². The lowest BCUT2D eigenvalue weighted by Crippen LogP contribution is -2.39. The molecule has 0 atom stereocenters. The number of rotatable bonds is 6. The van der Waals surface area contributed by atoms with Crippen molar-refractivity contribution in [2.75, 3.05) is 20.1 Å². The summed E-state index contributed by atoms with van der Waals surface area (Å²) in [5, 5.41) is 7.45. The van der Waals surface area contributed by atoms with Gasteiger partial charge in [-0.25, -0.2) is 4.98 Å². The third-order valence-electron chi connectivity index (χ3n) is 3.82. The van der Waals surface area contributed by atoms with Crippen molar-refractivity contribution in [1.29, 1.82) is 0 Å². The summed E-state index contributed by atoms with van der Waals surface area (Å²) in [6, 6.07) is 6.67. The molecule has 6 nitrogen and oxygen atoms in total. The average molecular weight is 456 g/mol. The molecule has 0 fully saturated rings. The van der Waals surface area contributed by atoms with E-state index in [-0.39, 0.29) is 24.0 Å². The number of benzene rings is 1. The molecule has 0 aliphatic carbocycles. The summed E-state index contributed by atoms with van der Waals surface area (Å²) in [6.45, 7) is 8.62. The van der Waals surface area contributed by atoms with Crippen molar-refractivity contribution in [1.82, 2.24) is 25.0 Å². The lowest BCUT2D eigenvalue weighted by Gasteiger charge is -2.21. The predicted octanol–water partition coefficient (Wildman–Crippen LogP) is 2.69. The average Bonchev–Trinajstić information content (AvgIpc) is 2.90. The maximum atomic E-state index is 4.75. The van der Waals surface area contributed by atoms with Crippen LogP contribution in [-0.2, 0) is 20.0 Å². The smallest absolute Gasteiger partial charge is 0.194 e. The van der Waals surface area contributed by atoms with Gasteiger partial charge in [0, 0.05) is 27.2 Å². The van der Waals surface area contributed by atoms with Crippen LogP contribution in [0.2, 0.25) is 0 Å². The minimum absolute atomic E-state index is 0. The Kier molecular flexibility index (Phi) is 8.88. The summed E-state index contributed by atoms with van der Waals surface area (Å²) >= 11 is 0. The Balaban J connectivity index is 0.00000312. The Morgan fingerprint density at radius 2 is 1.92 bits per heavy atom. The van der Waals surface area contributed by atoms with Crippen LogP contribution in [0.15, 0.2) is 29.5 Å². The van der Waals surface area contributed by atoms with E-state index < -0.39 is 0 Å². The molecule has 7 heteroatoms. The largest absolute Gasteiger partial charge is 0.357 e. The molecule has 0 saturated carbocycles. The van der Waals surface area contributed by atoms with Crippen LogP contribution in [0.3, 0.4) is 0 Å². The Morgan fingerprint density at radius 1 is 1.24 bits per heavy atom. The van der Waals surface area contributed by atoms with Crippen molar-refractivity contribution < 1.29 is 0 Å². The van der Waals surface area contributed by atoms with E-state index in [4.69, 9.17) is 4.99 Å². The van der Waals surface area contributed by atoms with E-state index in [0.29, 0.717) is 6.54 Å². The van der Waals surface area contributed by atoms with Crippen molar-refractivity contribution in [3.8, 4) is 0 Å². The number of aliphatic imine (C=N–C) groups is 1. The van der Waals surface area contributed by atoms with E-state index in [0.717, 1.165) is 31.3 Å². The summed E-state index contributed by atoms with van der Waals surface area (Å²) in [5.41, 5.74) is 3.95. The van der Waals surface area contributed by atoms with E-state index in [2.05, 4.69) is 59.3 Å². The molecule has 25 heavy (non-hydrogen) atoms. The fraction of sp³-hybridized carbons (Fsp3) is 0.500. The van der Waals surface area contributed by atoms with Gasteiger partial charge < -0.3 is 10.2 Å². The van der Waals surface area contributed by atoms with Gasteiger partial charge in [-0.05, 0) is 32.8 Å². The third kappa shape index (κ3) is 6.64. The maximum Gasteiger partial charge on any atom is 0.194 e. The van der Waals surface area contributed by atoms with Gasteiger partial charge in [-0.3, -0.25) is 9.67 Å². The van der Waals surface area contributed by atoms with Crippen LogP contribution < -0.4 is 5.32 Å². The molecule has 0 aliphatic heterocycles. The lowest BCUT2D eigenvalue weighted by molar-refractivity contribution is 0.449. The fourth-order valence-corrected chi connectivity index (χ4v) is 2.72. The highest BCUT2D eigenvalue weighted by Gasteiger charge is 2.09. The van der Waals surface area contributed by atoms with Gasteiger partial charge in [0.2, 0.25) is 0 Å². The number of hydrogen-bond donors (Lipinski definition) is 1. The minimum atomic E-state index is 0. The zero-order valence-electron chi connectivity index (χ0n) is 15.8. The first-order valence-corrected chi connectivity index (χ1v) is 8.39. The van der Waals surface area contributed by atoms with Crippen LogP contribution in [-0.4, -0.2) is 45.8 Å². The second-order valence-corrected chi connectivity index (χ2v) is 6.14. The molecule has 0 bridgehead atoms. The molecular formula is C18H29IN6. The van der Waals surface area contributed by atoms with Crippen LogP contribution >= 0.6 is 24.0 Å². The molecule has 0 saturated heterocycles. The van der Waals surface area contributed by atoms with E-state index in [9.17, 15) is 0 Å². The van der Waals surface area contributed by atoms with Gasteiger partial charge in [0.1, 0.15) is 12.2 Å². The number of halogens is 1. The Bertz CT molecular complexity index is 674. The minimum Gasteiger partial charge on any atom is -0.357 e. The SMILES string of the molecule is CCNC(=NCCc1cc(C)cc(C)c1)N(C)Cc1ncnn1C.I. The van der Waals surface area contributed by atoms with Gasteiger partial charge in [0.05, 0.1) is 6.54 Å². The zero-order valence-corrected chi connectivity index (χ0v) is 18.1. The van der Waals surface area contributed by atoms with Gasteiger partial charge >= 0.3 is 0 Å². The standard InChI is InChI=1S/C18H28N6.HI/c1-6-19-18(23(4)12-17-21-13-22-24(17)5)20-8-7-16-10-14(2)9-15(3)11-16;/h9-11,13H,6-8,12H2,1-5H3,(H,19,20);1H. The number of aromatic nitrogens is 3. The molecule has 0 radical (unpaired) electrons. The van der Waals surface area contributed by atoms with Crippen LogP contribution in [0.4, 0.5) is 0 Å². The van der Waals surface area contributed by atoms with E-state index >= 15 is 0 Å². The second-order valence-electron chi connectivity index (χ2n) is 6.14. The zero-order chi connectivity index (χ0) is 17.5. The topological polar surface area (TPSA) is 58.3 Å². The molecule has 2 aromatic rings. The molecule has 138 valence electrons. The Hall–Kier alpha value is -1.64. The Morgan fingerprint density at radius 3 is 2.48 bits per heavy atom. The molecule has 0 aliphatic rings. The number of nitrogens with one attached hydrogen (secondary N) is 1. The first-order valence-electron chi connectivity index (χ1n) is 8.39. The van der Waals surface area contributed by atoms with E-state index in [1.807, 2.05) is 14.1 Å². The van der Waals surface area contributed by atoms with Gasteiger partial charge in [-0.2, -0.15) is 5.10 Å². The van der Waals surface area contributed by atoms with Crippen LogP contribution in [0.5, 0.6) is 0 Å². The summed E-state index contributed by atoms with van der Waals surface area (Å²) in [7, 11) is 3.92. The second kappa shape index (κ2) is 10.4. The molecule has 1 aromatic heterocycles. The van der Waals surface area contributed by atoms with Crippen LogP contribution in [0.1, 0.15) is 29.4 Å². The molecule has 1 aromatic carbocycles. The highest BCUT2D eigenvalue weighted by molar-refractivity contribution is 14.0. The molecule has 0 unspecified atom stereocenters. The summed E-state index contributed by atoms with van der Waals surface area (Å²) in [5.74, 6) is 1.81. The fourth-order valence-electron chi connectivity index (χ4n) is 2.72. The van der Waals surface area contributed by atoms with Crippen LogP contribution in [0.25, 0.3) is 0 Å². The molecule has 2 rings (SSSR count). The van der Waals surface area contributed by atoms with Crippen molar-refractivity contribution in [2.45, 2.75) is 33.7 Å². The molecule has 0 amide bonds. The van der Waals surface area contributed by atoms with Crippen molar-refractivity contribution in [3.05, 3.63) is 47.0 Å². The molecule has 0 spiro atoms. The molecule has 1 heterocycles.